The zero-order valence-corrected chi connectivity index (χ0v) is 12.7. The number of nitrogens with two attached hydrogens (primary N) is 1. The van der Waals surface area contributed by atoms with Crippen LogP contribution in [-0.4, -0.2) is 20.2 Å². The Morgan fingerprint density at radius 2 is 1.76 bits per heavy atom. The second-order valence-electron chi connectivity index (χ2n) is 4.24. The molecule has 2 N–H and O–H groups in total. The highest BCUT2D eigenvalue weighted by Gasteiger charge is 2.14. The molecule has 1 heterocycles. The van der Waals surface area contributed by atoms with Crippen LogP contribution in [-0.2, 0) is 0 Å². The minimum atomic E-state index is 0.416. The molecule has 0 radical (unpaired) electrons. The van der Waals surface area contributed by atoms with Crippen LogP contribution in [0, 0.1) is 0 Å². The maximum atomic E-state index is 6.03. The minimum absolute atomic E-state index is 0.416. The molecule has 106 valence electrons. The lowest BCUT2D eigenvalue weighted by atomic mass is 10.1. The SMILES string of the molecule is Nc1cc(Cl)ccc1-c1nnnn1-c1ccc(Cl)c(Cl)c1. The molecule has 3 aromatic rings. The summed E-state index contributed by atoms with van der Waals surface area (Å²) in [7, 11) is 0. The van der Waals surface area contributed by atoms with Gasteiger partial charge in [-0.3, -0.25) is 0 Å². The number of nitrogen functional groups attached to an aromatic ring is 1. The van der Waals surface area contributed by atoms with Gasteiger partial charge in [-0.25, -0.2) is 0 Å². The maximum absolute atomic E-state index is 6.03. The van der Waals surface area contributed by atoms with E-state index in [1.54, 1.807) is 36.4 Å². The van der Waals surface area contributed by atoms with Crippen molar-refractivity contribution in [3.8, 4) is 17.1 Å². The van der Waals surface area contributed by atoms with Crippen molar-refractivity contribution in [3.63, 3.8) is 0 Å². The number of anilines is 1. The highest BCUT2D eigenvalue weighted by Crippen LogP contribution is 2.29. The predicted molar refractivity (Wildman–Crippen MR) is 84.0 cm³/mol. The first kappa shape index (κ1) is 14.1. The molecule has 0 aliphatic carbocycles. The summed E-state index contributed by atoms with van der Waals surface area (Å²) in [6, 6.07) is 10.2. The second-order valence-corrected chi connectivity index (χ2v) is 5.50. The third kappa shape index (κ3) is 2.68. The van der Waals surface area contributed by atoms with Gasteiger partial charge in [0, 0.05) is 16.3 Å². The Morgan fingerprint density at radius 3 is 2.48 bits per heavy atom. The van der Waals surface area contributed by atoms with E-state index in [-0.39, 0.29) is 0 Å². The summed E-state index contributed by atoms with van der Waals surface area (Å²) in [4.78, 5) is 0. The Kier molecular flexibility index (Phi) is 3.71. The van der Waals surface area contributed by atoms with E-state index >= 15 is 0 Å². The van der Waals surface area contributed by atoms with E-state index in [4.69, 9.17) is 40.5 Å². The first-order valence-electron chi connectivity index (χ1n) is 5.85. The fraction of sp³-hybridized carbons (Fsp3) is 0. The van der Waals surface area contributed by atoms with E-state index in [0.29, 0.717) is 37.8 Å². The minimum Gasteiger partial charge on any atom is -0.398 e. The molecular weight excluding hydrogens is 333 g/mol. The molecule has 0 amide bonds. The maximum Gasteiger partial charge on any atom is 0.189 e. The predicted octanol–water partition coefficient (Wildman–Crippen LogP) is 3.87. The number of benzene rings is 2. The number of aromatic nitrogens is 4. The number of halogens is 3. The van der Waals surface area contributed by atoms with Crippen LogP contribution in [0.15, 0.2) is 36.4 Å². The summed E-state index contributed by atoms with van der Waals surface area (Å²) < 4.78 is 1.53. The number of rotatable bonds is 2. The van der Waals surface area contributed by atoms with Crippen LogP contribution in [0.3, 0.4) is 0 Å². The zero-order chi connectivity index (χ0) is 15.0. The molecule has 21 heavy (non-hydrogen) atoms. The molecule has 0 saturated heterocycles. The van der Waals surface area contributed by atoms with E-state index in [0.717, 1.165) is 0 Å². The number of hydrogen-bond acceptors (Lipinski definition) is 4. The number of hydrogen-bond donors (Lipinski definition) is 1. The van der Waals surface area contributed by atoms with Gasteiger partial charge in [0.05, 0.1) is 15.7 Å². The van der Waals surface area contributed by atoms with Crippen molar-refractivity contribution in [2.45, 2.75) is 0 Å². The van der Waals surface area contributed by atoms with Crippen molar-refractivity contribution in [3.05, 3.63) is 51.5 Å². The average molecular weight is 341 g/mol. The van der Waals surface area contributed by atoms with Gasteiger partial charge in [0.25, 0.3) is 0 Å². The van der Waals surface area contributed by atoms with Crippen molar-refractivity contribution in [1.29, 1.82) is 0 Å². The quantitative estimate of drug-likeness (QED) is 0.719. The Bertz CT molecular complexity index is 815. The zero-order valence-electron chi connectivity index (χ0n) is 10.5. The van der Waals surface area contributed by atoms with E-state index < -0.39 is 0 Å². The molecule has 0 bridgehead atoms. The highest BCUT2D eigenvalue weighted by molar-refractivity contribution is 6.42. The lowest BCUT2D eigenvalue weighted by Gasteiger charge is -2.08. The van der Waals surface area contributed by atoms with Crippen LogP contribution < -0.4 is 5.73 Å². The molecule has 8 heteroatoms. The Labute approximate surface area is 135 Å². The van der Waals surface area contributed by atoms with E-state index in [1.165, 1.54) is 4.68 Å². The van der Waals surface area contributed by atoms with Gasteiger partial charge in [0.1, 0.15) is 0 Å². The molecule has 0 atom stereocenters. The lowest BCUT2D eigenvalue weighted by Crippen LogP contribution is -2.01. The van der Waals surface area contributed by atoms with Gasteiger partial charge in [-0.1, -0.05) is 34.8 Å². The standard InChI is InChI=1S/C13H8Cl3N5/c14-7-1-3-9(12(17)5-7)13-18-19-20-21(13)8-2-4-10(15)11(16)6-8/h1-6H,17H2. The summed E-state index contributed by atoms with van der Waals surface area (Å²) >= 11 is 17.8. The molecule has 0 unspecified atom stereocenters. The Hall–Kier alpha value is -1.82. The summed E-state index contributed by atoms with van der Waals surface area (Å²) in [5.74, 6) is 0.488. The molecule has 3 rings (SSSR count). The molecule has 0 spiro atoms. The van der Waals surface area contributed by atoms with Gasteiger partial charge in [-0.05, 0) is 46.8 Å². The van der Waals surface area contributed by atoms with E-state index in [9.17, 15) is 0 Å². The molecule has 0 saturated carbocycles. The third-order valence-electron chi connectivity index (χ3n) is 2.87. The van der Waals surface area contributed by atoms with Gasteiger partial charge in [-0.2, -0.15) is 4.68 Å². The van der Waals surface area contributed by atoms with Crippen LogP contribution >= 0.6 is 34.8 Å². The first-order chi connectivity index (χ1) is 10.1. The smallest absolute Gasteiger partial charge is 0.189 e. The van der Waals surface area contributed by atoms with Crippen LogP contribution in [0.1, 0.15) is 0 Å². The fourth-order valence-electron chi connectivity index (χ4n) is 1.88. The lowest BCUT2D eigenvalue weighted by molar-refractivity contribution is 0.791. The normalized spacial score (nSPS) is 10.8. The average Bonchev–Trinajstić information content (AvgIpc) is 2.91. The Morgan fingerprint density at radius 1 is 0.952 bits per heavy atom. The topological polar surface area (TPSA) is 69.6 Å². The number of nitrogens with zero attached hydrogens (tertiary/aromatic N) is 4. The van der Waals surface area contributed by atoms with Crippen molar-refractivity contribution in [2.75, 3.05) is 5.73 Å². The summed E-state index contributed by atoms with van der Waals surface area (Å²) in [6.07, 6.45) is 0. The van der Waals surface area contributed by atoms with Crippen LogP contribution in [0.2, 0.25) is 15.1 Å². The van der Waals surface area contributed by atoms with Gasteiger partial charge in [-0.15, -0.1) is 5.10 Å². The molecule has 0 aliphatic heterocycles. The van der Waals surface area contributed by atoms with Gasteiger partial charge >= 0.3 is 0 Å². The van der Waals surface area contributed by atoms with Crippen LogP contribution in [0.5, 0.6) is 0 Å². The first-order valence-corrected chi connectivity index (χ1v) is 6.99. The van der Waals surface area contributed by atoms with E-state index in [2.05, 4.69) is 15.5 Å². The van der Waals surface area contributed by atoms with Gasteiger partial charge in [0.15, 0.2) is 5.82 Å². The summed E-state index contributed by atoms with van der Waals surface area (Å²) in [6.45, 7) is 0. The Balaban J connectivity index is 2.14. The molecule has 0 aliphatic rings. The third-order valence-corrected chi connectivity index (χ3v) is 3.85. The number of tetrazole rings is 1. The molecule has 0 fully saturated rings. The van der Waals surface area contributed by atoms with Gasteiger partial charge < -0.3 is 5.73 Å². The molecule has 1 aromatic heterocycles. The van der Waals surface area contributed by atoms with Gasteiger partial charge in [0.2, 0.25) is 0 Å². The largest absolute Gasteiger partial charge is 0.398 e. The molecular formula is C13H8Cl3N5. The highest BCUT2D eigenvalue weighted by atomic mass is 35.5. The van der Waals surface area contributed by atoms with Crippen LogP contribution in [0.4, 0.5) is 5.69 Å². The summed E-state index contributed by atoms with van der Waals surface area (Å²) in [5, 5.41) is 13.1. The fourth-order valence-corrected chi connectivity index (χ4v) is 2.36. The van der Waals surface area contributed by atoms with Crippen molar-refractivity contribution >= 4 is 40.5 Å². The monoisotopic (exact) mass is 339 g/mol. The van der Waals surface area contributed by atoms with Crippen molar-refractivity contribution in [2.24, 2.45) is 0 Å². The van der Waals surface area contributed by atoms with E-state index in [1.807, 2.05) is 0 Å². The molecule has 2 aromatic carbocycles. The van der Waals surface area contributed by atoms with Crippen molar-refractivity contribution in [1.82, 2.24) is 20.2 Å². The van der Waals surface area contributed by atoms with Crippen molar-refractivity contribution < 1.29 is 0 Å². The second kappa shape index (κ2) is 5.52. The summed E-state index contributed by atoms with van der Waals surface area (Å²) in [5.41, 5.74) is 7.81. The van der Waals surface area contributed by atoms with Crippen LogP contribution in [0.25, 0.3) is 17.1 Å². The molecule has 5 nitrogen and oxygen atoms in total.